The smallest absolute Gasteiger partial charge is 0.0766 e. The van der Waals surface area contributed by atoms with E-state index in [1.807, 2.05) is 11.7 Å². The van der Waals surface area contributed by atoms with Gasteiger partial charge in [-0.2, -0.15) is 5.10 Å². The molecule has 1 heterocycles. The van der Waals surface area contributed by atoms with Crippen LogP contribution in [0.5, 0.6) is 0 Å². The van der Waals surface area contributed by atoms with Crippen LogP contribution in [0.4, 0.5) is 0 Å². The van der Waals surface area contributed by atoms with Gasteiger partial charge in [0.15, 0.2) is 0 Å². The number of aromatic nitrogens is 2. The molecular formula is C10H18BrN3. The van der Waals surface area contributed by atoms with Gasteiger partial charge in [0.05, 0.1) is 15.9 Å². The van der Waals surface area contributed by atoms with Crippen molar-refractivity contribution in [2.45, 2.75) is 32.6 Å². The second-order valence-electron chi connectivity index (χ2n) is 3.43. The van der Waals surface area contributed by atoms with Crippen molar-refractivity contribution in [3.05, 3.63) is 15.9 Å². The monoisotopic (exact) mass is 259 g/mol. The number of hydrogen-bond donors (Lipinski definition) is 1. The van der Waals surface area contributed by atoms with E-state index in [0.29, 0.717) is 0 Å². The first-order valence-corrected chi connectivity index (χ1v) is 5.90. The molecule has 0 aliphatic rings. The molecular weight excluding hydrogens is 242 g/mol. The highest BCUT2D eigenvalue weighted by molar-refractivity contribution is 9.10. The van der Waals surface area contributed by atoms with Crippen molar-refractivity contribution in [1.29, 1.82) is 0 Å². The van der Waals surface area contributed by atoms with Crippen LogP contribution in [0, 0.1) is 0 Å². The van der Waals surface area contributed by atoms with Crippen LogP contribution in [0.3, 0.4) is 0 Å². The molecule has 1 aromatic rings. The summed E-state index contributed by atoms with van der Waals surface area (Å²) >= 11 is 3.60. The molecule has 0 unspecified atom stereocenters. The molecule has 0 amide bonds. The molecule has 4 heteroatoms. The number of hydrogen-bond acceptors (Lipinski definition) is 2. The number of nitrogens with zero attached hydrogens (tertiary/aromatic N) is 2. The van der Waals surface area contributed by atoms with Gasteiger partial charge in [0.1, 0.15) is 0 Å². The number of aryl methyl sites for hydroxylation is 2. The normalized spacial score (nSPS) is 10.9. The van der Waals surface area contributed by atoms with Gasteiger partial charge in [0.2, 0.25) is 0 Å². The van der Waals surface area contributed by atoms with Crippen LogP contribution >= 0.6 is 15.9 Å². The Kier molecular flexibility index (Phi) is 4.62. The third-order valence-corrected chi connectivity index (χ3v) is 3.29. The highest BCUT2D eigenvalue weighted by Gasteiger charge is 2.11. The number of nitrogens with two attached hydrogens (primary N) is 1. The van der Waals surface area contributed by atoms with Crippen molar-refractivity contribution in [2.24, 2.45) is 12.8 Å². The lowest BCUT2D eigenvalue weighted by atomic mass is 10.2. The minimum atomic E-state index is 0.774. The Labute approximate surface area is 93.8 Å². The molecule has 0 aliphatic carbocycles. The summed E-state index contributed by atoms with van der Waals surface area (Å²) in [7, 11) is 2.00. The Morgan fingerprint density at radius 1 is 1.43 bits per heavy atom. The minimum absolute atomic E-state index is 0.774. The van der Waals surface area contributed by atoms with Crippen molar-refractivity contribution < 1.29 is 0 Å². The number of halogens is 1. The summed E-state index contributed by atoms with van der Waals surface area (Å²) in [5, 5.41) is 4.45. The van der Waals surface area contributed by atoms with Crippen LogP contribution in [-0.2, 0) is 19.9 Å². The predicted octanol–water partition coefficient (Wildman–Crippen LogP) is 2.03. The molecule has 1 aromatic heterocycles. The van der Waals surface area contributed by atoms with Crippen LogP contribution in [0.1, 0.15) is 31.2 Å². The second kappa shape index (κ2) is 5.51. The zero-order chi connectivity index (χ0) is 10.6. The molecule has 3 nitrogen and oxygen atoms in total. The summed E-state index contributed by atoms with van der Waals surface area (Å²) in [6.45, 7) is 2.90. The summed E-state index contributed by atoms with van der Waals surface area (Å²) in [6, 6.07) is 0. The molecule has 80 valence electrons. The molecule has 14 heavy (non-hydrogen) atoms. The van der Waals surface area contributed by atoms with E-state index in [-0.39, 0.29) is 0 Å². The topological polar surface area (TPSA) is 43.8 Å². The van der Waals surface area contributed by atoms with E-state index in [1.165, 1.54) is 10.2 Å². The van der Waals surface area contributed by atoms with Gasteiger partial charge in [-0.15, -0.1) is 0 Å². The van der Waals surface area contributed by atoms with E-state index in [2.05, 4.69) is 28.0 Å². The van der Waals surface area contributed by atoms with Gasteiger partial charge in [-0.25, -0.2) is 0 Å². The quantitative estimate of drug-likeness (QED) is 0.823. The van der Waals surface area contributed by atoms with Crippen LogP contribution < -0.4 is 5.73 Å². The molecule has 0 atom stereocenters. The first kappa shape index (κ1) is 11.7. The first-order chi connectivity index (χ1) is 6.70. The molecule has 0 aliphatic heterocycles. The van der Waals surface area contributed by atoms with E-state index in [1.54, 1.807) is 0 Å². The molecule has 0 fully saturated rings. The summed E-state index contributed by atoms with van der Waals surface area (Å²) < 4.78 is 3.15. The van der Waals surface area contributed by atoms with E-state index in [9.17, 15) is 0 Å². The number of rotatable bonds is 5. The molecule has 1 rings (SSSR count). The Balaban J connectivity index is 2.70. The average molecular weight is 260 g/mol. The summed E-state index contributed by atoms with van der Waals surface area (Å²) in [4.78, 5) is 0. The molecule has 0 bridgehead atoms. The lowest BCUT2D eigenvalue weighted by molar-refractivity contribution is 0.658. The Bertz CT molecular complexity index is 294. The maximum Gasteiger partial charge on any atom is 0.0766 e. The van der Waals surface area contributed by atoms with Crippen molar-refractivity contribution in [2.75, 3.05) is 6.54 Å². The van der Waals surface area contributed by atoms with E-state index < -0.39 is 0 Å². The van der Waals surface area contributed by atoms with Gasteiger partial charge in [0.25, 0.3) is 0 Å². The highest BCUT2D eigenvalue weighted by Crippen LogP contribution is 2.22. The zero-order valence-electron chi connectivity index (χ0n) is 8.89. The van der Waals surface area contributed by atoms with Crippen LogP contribution in [0.25, 0.3) is 0 Å². The SMILES string of the molecule is CCc1nn(C)c(CCCCN)c1Br. The number of unbranched alkanes of at least 4 members (excludes halogenated alkanes) is 1. The molecule has 0 spiro atoms. The maximum absolute atomic E-state index is 5.47. The lowest BCUT2D eigenvalue weighted by Crippen LogP contribution is -2.02. The van der Waals surface area contributed by atoms with Crippen LogP contribution in [0.2, 0.25) is 0 Å². The maximum atomic E-state index is 5.47. The van der Waals surface area contributed by atoms with Crippen molar-refractivity contribution >= 4 is 15.9 Å². The van der Waals surface area contributed by atoms with Gasteiger partial charge in [-0.1, -0.05) is 6.92 Å². The Hall–Kier alpha value is -0.350. The van der Waals surface area contributed by atoms with E-state index in [4.69, 9.17) is 5.73 Å². The van der Waals surface area contributed by atoms with Gasteiger partial charge in [0, 0.05) is 7.05 Å². The van der Waals surface area contributed by atoms with Gasteiger partial charge in [-0.05, 0) is 48.2 Å². The molecule has 0 aromatic carbocycles. The molecule has 0 radical (unpaired) electrons. The summed E-state index contributed by atoms with van der Waals surface area (Å²) in [5.74, 6) is 0. The van der Waals surface area contributed by atoms with Crippen molar-refractivity contribution in [1.82, 2.24) is 9.78 Å². The van der Waals surface area contributed by atoms with Crippen molar-refractivity contribution in [3.8, 4) is 0 Å². The fraction of sp³-hybridized carbons (Fsp3) is 0.700. The standard InChI is InChI=1S/C10H18BrN3/c1-3-8-10(11)9(14(2)13-8)6-4-5-7-12/h3-7,12H2,1-2H3. The summed E-state index contributed by atoms with van der Waals surface area (Å²) in [5.41, 5.74) is 7.90. The van der Waals surface area contributed by atoms with Crippen molar-refractivity contribution in [3.63, 3.8) is 0 Å². The van der Waals surface area contributed by atoms with E-state index >= 15 is 0 Å². The van der Waals surface area contributed by atoms with Gasteiger partial charge >= 0.3 is 0 Å². The third kappa shape index (κ3) is 2.58. The van der Waals surface area contributed by atoms with Crippen LogP contribution in [-0.4, -0.2) is 16.3 Å². The summed E-state index contributed by atoms with van der Waals surface area (Å²) in [6.07, 6.45) is 4.25. The molecule has 0 saturated carbocycles. The minimum Gasteiger partial charge on any atom is -0.330 e. The fourth-order valence-corrected chi connectivity index (χ4v) is 2.34. The Morgan fingerprint density at radius 2 is 2.14 bits per heavy atom. The zero-order valence-corrected chi connectivity index (χ0v) is 10.5. The average Bonchev–Trinajstić information content (AvgIpc) is 2.45. The van der Waals surface area contributed by atoms with E-state index in [0.717, 1.165) is 37.9 Å². The molecule has 0 saturated heterocycles. The second-order valence-corrected chi connectivity index (χ2v) is 4.22. The Morgan fingerprint density at radius 3 is 2.64 bits per heavy atom. The third-order valence-electron chi connectivity index (χ3n) is 2.37. The predicted molar refractivity (Wildman–Crippen MR) is 62.3 cm³/mol. The van der Waals surface area contributed by atoms with Gasteiger partial charge in [-0.3, -0.25) is 4.68 Å². The van der Waals surface area contributed by atoms with Crippen LogP contribution in [0.15, 0.2) is 4.47 Å². The highest BCUT2D eigenvalue weighted by atomic mass is 79.9. The lowest BCUT2D eigenvalue weighted by Gasteiger charge is -2.01. The molecule has 2 N–H and O–H groups in total. The fourth-order valence-electron chi connectivity index (χ4n) is 1.53. The van der Waals surface area contributed by atoms with Gasteiger partial charge < -0.3 is 5.73 Å². The first-order valence-electron chi connectivity index (χ1n) is 5.11. The largest absolute Gasteiger partial charge is 0.330 e.